The molecule has 0 heterocycles. The molecular formula is C23H29F3N2O2. The number of amides is 2. The Kier molecular flexibility index (Phi) is 5.82. The number of halogens is 3. The van der Waals surface area contributed by atoms with E-state index in [9.17, 15) is 22.8 Å². The van der Waals surface area contributed by atoms with Gasteiger partial charge in [0.05, 0.1) is 5.56 Å². The number of rotatable bonds is 7. The van der Waals surface area contributed by atoms with E-state index in [-0.39, 0.29) is 23.7 Å². The molecule has 2 N–H and O–H groups in total. The fraction of sp³-hybridized carbons (Fsp3) is 0.652. The van der Waals surface area contributed by atoms with Gasteiger partial charge in [-0.05, 0) is 80.4 Å². The van der Waals surface area contributed by atoms with Crippen molar-refractivity contribution in [3.63, 3.8) is 0 Å². The van der Waals surface area contributed by atoms with Crippen LogP contribution in [-0.2, 0) is 22.2 Å². The fourth-order valence-electron chi connectivity index (χ4n) is 6.16. The van der Waals surface area contributed by atoms with Crippen LogP contribution in [0.5, 0.6) is 0 Å². The van der Waals surface area contributed by atoms with E-state index in [0.29, 0.717) is 37.3 Å². The third-order valence-corrected chi connectivity index (χ3v) is 7.17. The smallest absolute Gasteiger partial charge is 0.356 e. The fourth-order valence-corrected chi connectivity index (χ4v) is 6.16. The second-order valence-electron chi connectivity index (χ2n) is 9.50. The Morgan fingerprint density at radius 1 is 0.900 bits per heavy atom. The first-order valence-corrected chi connectivity index (χ1v) is 10.9. The molecule has 4 fully saturated rings. The molecule has 2 amide bonds. The lowest BCUT2D eigenvalue weighted by molar-refractivity contribution is -0.146. The maximum atomic E-state index is 12.9. The first-order chi connectivity index (χ1) is 14.2. The number of nitrogens with one attached hydrogen (secondary N) is 2. The Morgan fingerprint density at radius 3 is 2.00 bits per heavy atom. The normalized spacial score (nSPS) is 29.6. The van der Waals surface area contributed by atoms with Gasteiger partial charge in [-0.3, -0.25) is 9.59 Å². The van der Waals surface area contributed by atoms with E-state index in [0.717, 1.165) is 37.0 Å². The second kappa shape index (κ2) is 8.23. The number of benzene rings is 1. The standard InChI is InChI=1S/C23H29F3N2O2/c24-23(25,26)19-3-1-15(2-4-19)5-7-27-20(29)6-8-28-21(30)22-12-16-9-17(13-22)11-18(10-16)14-22/h1-4,16-18H,5-14H2,(H,27,29)(H,28,30). The van der Waals surface area contributed by atoms with Crippen molar-refractivity contribution in [3.05, 3.63) is 35.4 Å². The molecule has 1 aromatic carbocycles. The first-order valence-electron chi connectivity index (χ1n) is 10.9. The Balaban J connectivity index is 1.16. The van der Waals surface area contributed by atoms with Crippen LogP contribution in [0.4, 0.5) is 13.2 Å². The van der Waals surface area contributed by atoms with Crippen molar-refractivity contribution in [1.29, 1.82) is 0 Å². The highest BCUT2D eigenvalue weighted by Gasteiger charge is 2.54. The Morgan fingerprint density at radius 2 is 1.47 bits per heavy atom. The van der Waals surface area contributed by atoms with Crippen molar-refractivity contribution in [2.75, 3.05) is 13.1 Å². The summed E-state index contributed by atoms with van der Waals surface area (Å²) in [5.41, 5.74) is -0.142. The summed E-state index contributed by atoms with van der Waals surface area (Å²) in [6, 6.07) is 4.97. The Bertz CT molecular complexity index is 753. The van der Waals surface area contributed by atoms with Gasteiger partial charge in [-0.15, -0.1) is 0 Å². The molecule has 4 bridgehead atoms. The SMILES string of the molecule is O=C(CCNC(=O)C12CC3CC(CC(C3)C1)C2)NCCc1ccc(C(F)(F)F)cc1. The minimum atomic E-state index is -4.34. The second-order valence-corrected chi connectivity index (χ2v) is 9.50. The quantitative estimate of drug-likeness (QED) is 0.696. The van der Waals surface area contributed by atoms with Crippen molar-refractivity contribution in [2.45, 2.75) is 57.5 Å². The van der Waals surface area contributed by atoms with Gasteiger partial charge in [-0.1, -0.05) is 12.1 Å². The number of carbonyl (C=O) groups excluding carboxylic acids is 2. The largest absolute Gasteiger partial charge is 0.416 e. The van der Waals surface area contributed by atoms with Gasteiger partial charge in [0, 0.05) is 24.9 Å². The molecule has 5 rings (SSSR count). The summed E-state index contributed by atoms with van der Waals surface area (Å²) < 4.78 is 37.7. The maximum Gasteiger partial charge on any atom is 0.416 e. The van der Waals surface area contributed by atoms with Crippen LogP contribution in [0.25, 0.3) is 0 Å². The lowest BCUT2D eigenvalue weighted by atomic mass is 9.49. The molecule has 4 saturated carbocycles. The van der Waals surface area contributed by atoms with Gasteiger partial charge < -0.3 is 10.6 Å². The molecule has 0 radical (unpaired) electrons. The predicted molar refractivity (Wildman–Crippen MR) is 106 cm³/mol. The molecule has 30 heavy (non-hydrogen) atoms. The third-order valence-electron chi connectivity index (χ3n) is 7.17. The van der Waals surface area contributed by atoms with Gasteiger partial charge >= 0.3 is 6.18 Å². The monoisotopic (exact) mass is 422 g/mol. The topological polar surface area (TPSA) is 58.2 Å². The van der Waals surface area contributed by atoms with E-state index in [2.05, 4.69) is 10.6 Å². The van der Waals surface area contributed by atoms with E-state index >= 15 is 0 Å². The van der Waals surface area contributed by atoms with Crippen LogP contribution < -0.4 is 10.6 Å². The number of hydrogen-bond acceptors (Lipinski definition) is 2. The highest BCUT2D eigenvalue weighted by molar-refractivity contribution is 5.84. The summed E-state index contributed by atoms with van der Waals surface area (Å²) in [7, 11) is 0. The summed E-state index contributed by atoms with van der Waals surface area (Å²) in [6.45, 7) is 0.680. The maximum absolute atomic E-state index is 12.9. The average Bonchev–Trinajstić information content (AvgIpc) is 2.66. The summed E-state index contributed by atoms with van der Waals surface area (Å²) >= 11 is 0. The summed E-state index contributed by atoms with van der Waals surface area (Å²) in [5.74, 6) is 2.08. The van der Waals surface area contributed by atoms with Gasteiger partial charge in [0.25, 0.3) is 0 Å². The number of carbonyl (C=O) groups is 2. The molecule has 0 atom stereocenters. The van der Waals surface area contributed by atoms with Crippen LogP contribution in [-0.4, -0.2) is 24.9 Å². The van der Waals surface area contributed by atoms with E-state index in [4.69, 9.17) is 0 Å². The van der Waals surface area contributed by atoms with Gasteiger partial charge in [0.1, 0.15) is 0 Å². The van der Waals surface area contributed by atoms with Crippen molar-refractivity contribution >= 4 is 11.8 Å². The predicted octanol–water partition coefficient (Wildman–Crippen LogP) is 4.09. The zero-order valence-corrected chi connectivity index (χ0v) is 17.1. The first kappa shape index (κ1) is 21.2. The van der Waals surface area contributed by atoms with Crippen molar-refractivity contribution < 1.29 is 22.8 Å². The van der Waals surface area contributed by atoms with Crippen LogP contribution in [0.2, 0.25) is 0 Å². The summed E-state index contributed by atoms with van der Waals surface area (Å²) in [4.78, 5) is 24.9. The van der Waals surface area contributed by atoms with Crippen molar-refractivity contribution in [3.8, 4) is 0 Å². The molecule has 4 nitrogen and oxygen atoms in total. The minimum Gasteiger partial charge on any atom is -0.356 e. The molecule has 4 aliphatic rings. The zero-order valence-electron chi connectivity index (χ0n) is 17.1. The molecule has 0 unspecified atom stereocenters. The molecule has 0 aromatic heterocycles. The molecular weight excluding hydrogens is 393 g/mol. The van der Waals surface area contributed by atoms with E-state index < -0.39 is 11.7 Å². The van der Waals surface area contributed by atoms with E-state index in [1.165, 1.54) is 31.4 Å². The zero-order chi connectivity index (χ0) is 21.4. The highest BCUT2D eigenvalue weighted by Crippen LogP contribution is 2.60. The molecule has 4 aliphatic carbocycles. The Hall–Kier alpha value is -2.05. The number of alkyl halides is 3. The lowest BCUT2D eigenvalue weighted by Gasteiger charge is -2.55. The third kappa shape index (κ3) is 4.65. The summed E-state index contributed by atoms with van der Waals surface area (Å²) in [5, 5.41) is 5.77. The van der Waals surface area contributed by atoms with Crippen LogP contribution >= 0.6 is 0 Å². The lowest BCUT2D eigenvalue weighted by Crippen LogP contribution is -2.53. The van der Waals surface area contributed by atoms with Crippen LogP contribution in [0.15, 0.2) is 24.3 Å². The Labute approximate surface area is 175 Å². The van der Waals surface area contributed by atoms with Gasteiger partial charge in [-0.2, -0.15) is 13.2 Å². The van der Waals surface area contributed by atoms with Crippen LogP contribution in [0.3, 0.4) is 0 Å². The van der Waals surface area contributed by atoms with Gasteiger partial charge in [0.15, 0.2) is 0 Å². The molecule has 7 heteroatoms. The average molecular weight is 422 g/mol. The summed E-state index contributed by atoms with van der Waals surface area (Å²) in [6.07, 6.45) is 3.20. The molecule has 1 aromatic rings. The van der Waals surface area contributed by atoms with Gasteiger partial charge in [-0.25, -0.2) is 0 Å². The molecule has 0 aliphatic heterocycles. The number of hydrogen-bond donors (Lipinski definition) is 2. The van der Waals surface area contributed by atoms with Crippen LogP contribution in [0.1, 0.15) is 56.1 Å². The van der Waals surface area contributed by atoms with Crippen molar-refractivity contribution in [1.82, 2.24) is 10.6 Å². The highest BCUT2D eigenvalue weighted by atomic mass is 19.4. The molecule has 0 spiro atoms. The van der Waals surface area contributed by atoms with Crippen LogP contribution in [0, 0.1) is 23.2 Å². The minimum absolute atomic E-state index is 0.124. The molecule has 0 saturated heterocycles. The van der Waals surface area contributed by atoms with Gasteiger partial charge in [0.2, 0.25) is 11.8 Å². The molecule has 164 valence electrons. The van der Waals surface area contributed by atoms with E-state index in [1.807, 2.05) is 0 Å². The van der Waals surface area contributed by atoms with Crippen molar-refractivity contribution in [2.24, 2.45) is 23.2 Å². The van der Waals surface area contributed by atoms with E-state index in [1.54, 1.807) is 0 Å².